The number of aromatic nitrogens is 5. The zero-order valence-corrected chi connectivity index (χ0v) is 23.1. The number of aliphatic hydroxyl groups is 2. The number of imidazole rings is 1. The van der Waals surface area contributed by atoms with Crippen molar-refractivity contribution >= 4 is 34.7 Å². The number of nitrogens with zero attached hydrogens (tertiary/aromatic N) is 6. The first-order valence-electron chi connectivity index (χ1n) is 14.1. The molecule has 0 spiro atoms. The fourth-order valence-corrected chi connectivity index (χ4v) is 6.69. The number of anilines is 2. The summed E-state index contributed by atoms with van der Waals surface area (Å²) >= 11 is 1.97. The molecule has 3 aromatic rings. The van der Waals surface area contributed by atoms with Gasteiger partial charge < -0.3 is 35.0 Å². The highest BCUT2D eigenvalue weighted by Crippen LogP contribution is 2.40. The van der Waals surface area contributed by atoms with Crippen molar-refractivity contribution in [2.24, 2.45) is 0 Å². The standard InChI is InChI=1S/C26H38N8O4S/c1-2-16-14-18(38-32-16)22-20(35)21(36)25(37-22)34-15-28-19-23(29-17-6-12-39-13-7-17)30-26(31-24(19)34)27-8-11-33-9-4-3-5-10-33/h14-15,17,20-22,25,35-36H,2-13H2,1H3,(H2,27,29,30,31)/t20-,21+,22+,25+/m0/s1. The topological polar surface area (TPSA) is 147 Å². The number of piperidine rings is 1. The number of thioether (sulfide) groups is 1. The first-order chi connectivity index (χ1) is 19.1. The number of rotatable bonds is 9. The SMILES string of the molecule is CCc1cc([C@H]2O[C@@H](n3cnc4c(NC5CCSCC5)nc(NCCN5CCCCC5)nc43)[C@H](O)[C@@H]2O)on1. The van der Waals surface area contributed by atoms with Gasteiger partial charge in [-0.3, -0.25) is 4.57 Å². The Hall–Kier alpha value is -2.45. The number of aliphatic hydroxyl groups excluding tert-OH is 2. The minimum atomic E-state index is -1.21. The zero-order valence-electron chi connectivity index (χ0n) is 22.3. The Morgan fingerprint density at radius 1 is 1.10 bits per heavy atom. The molecule has 3 aromatic heterocycles. The number of hydrogen-bond acceptors (Lipinski definition) is 12. The number of nitrogens with one attached hydrogen (secondary N) is 2. The summed E-state index contributed by atoms with van der Waals surface area (Å²) in [4.78, 5) is 16.7. The highest BCUT2D eigenvalue weighted by Gasteiger charge is 2.47. The zero-order chi connectivity index (χ0) is 26.8. The lowest BCUT2D eigenvalue weighted by molar-refractivity contribution is -0.0434. The Labute approximate surface area is 231 Å². The van der Waals surface area contributed by atoms with Crippen LogP contribution in [0.4, 0.5) is 11.8 Å². The highest BCUT2D eigenvalue weighted by molar-refractivity contribution is 7.99. The van der Waals surface area contributed by atoms with Crippen molar-refractivity contribution in [1.82, 2.24) is 29.6 Å². The summed E-state index contributed by atoms with van der Waals surface area (Å²) in [5.74, 6) is 3.79. The van der Waals surface area contributed by atoms with Crippen molar-refractivity contribution in [1.29, 1.82) is 0 Å². The van der Waals surface area contributed by atoms with E-state index in [1.165, 1.54) is 19.3 Å². The summed E-state index contributed by atoms with van der Waals surface area (Å²) in [7, 11) is 0. The Balaban J connectivity index is 1.27. The Morgan fingerprint density at radius 3 is 2.69 bits per heavy atom. The van der Waals surface area contributed by atoms with E-state index in [-0.39, 0.29) is 0 Å². The fraction of sp³-hybridized carbons (Fsp3) is 0.692. The molecule has 0 saturated carbocycles. The molecule has 0 radical (unpaired) electrons. The normalized spacial score (nSPS) is 26.8. The average molecular weight is 559 g/mol. The highest BCUT2D eigenvalue weighted by atomic mass is 32.2. The average Bonchev–Trinajstić information content (AvgIpc) is 3.68. The molecule has 3 aliphatic rings. The van der Waals surface area contributed by atoms with Gasteiger partial charge in [-0.05, 0) is 56.7 Å². The van der Waals surface area contributed by atoms with E-state index in [0.717, 1.165) is 56.2 Å². The minimum absolute atomic E-state index is 0.314. The third kappa shape index (κ3) is 5.73. The molecule has 12 nitrogen and oxygen atoms in total. The monoisotopic (exact) mass is 558 g/mol. The van der Waals surface area contributed by atoms with Crippen molar-refractivity contribution in [3.05, 3.63) is 23.8 Å². The van der Waals surface area contributed by atoms with E-state index in [4.69, 9.17) is 19.2 Å². The molecule has 4 atom stereocenters. The van der Waals surface area contributed by atoms with E-state index >= 15 is 0 Å². The van der Waals surface area contributed by atoms with Crippen LogP contribution in [0.1, 0.15) is 62.8 Å². The summed E-state index contributed by atoms with van der Waals surface area (Å²) in [6, 6.07) is 2.07. The van der Waals surface area contributed by atoms with Crippen LogP contribution in [-0.4, -0.2) is 95.7 Å². The molecule has 4 N–H and O–H groups in total. The molecular weight excluding hydrogens is 520 g/mol. The van der Waals surface area contributed by atoms with Gasteiger partial charge in [-0.15, -0.1) is 0 Å². The van der Waals surface area contributed by atoms with Crippen molar-refractivity contribution < 1.29 is 19.5 Å². The maximum atomic E-state index is 11.0. The van der Waals surface area contributed by atoms with Crippen LogP contribution >= 0.6 is 11.8 Å². The largest absolute Gasteiger partial charge is 0.387 e. The Kier molecular flexibility index (Phi) is 8.21. The summed E-state index contributed by atoms with van der Waals surface area (Å²) in [5.41, 5.74) is 1.90. The van der Waals surface area contributed by atoms with Crippen LogP contribution in [0.5, 0.6) is 0 Å². The maximum absolute atomic E-state index is 11.0. The summed E-state index contributed by atoms with van der Waals surface area (Å²) in [5, 5.41) is 32.9. The van der Waals surface area contributed by atoms with Gasteiger partial charge in [-0.1, -0.05) is 18.5 Å². The molecule has 39 heavy (non-hydrogen) atoms. The summed E-state index contributed by atoms with van der Waals surface area (Å²) in [6.07, 6.45) is 4.07. The molecule has 13 heteroatoms. The van der Waals surface area contributed by atoms with Gasteiger partial charge >= 0.3 is 0 Å². The van der Waals surface area contributed by atoms with Gasteiger partial charge in [0.2, 0.25) is 5.95 Å². The van der Waals surface area contributed by atoms with Gasteiger partial charge in [0.25, 0.3) is 0 Å². The van der Waals surface area contributed by atoms with Crippen LogP contribution in [0.25, 0.3) is 11.2 Å². The molecule has 6 heterocycles. The van der Waals surface area contributed by atoms with Crippen LogP contribution in [0.15, 0.2) is 16.9 Å². The van der Waals surface area contributed by atoms with E-state index in [1.807, 2.05) is 18.7 Å². The molecular formula is C26H38N8O4S. The second kappa shape index (κ2) is 12.0. The molecule has 3 saturated heterocycles. The van der Waals surface area contributed by atoms with Crippen molar-refractivity contribution in [2.75, 3.05) is 48.3 Å². The molecule has 0 aliphatic carbocycles. The van der Waals surface area contributed by atoms with Crippen molar-refractivity contribution in [3.8, 4) is 0 Å². The van der Waals surface area contributed by atoms with Crippen LogP contribution in [0.3, 0.4) is 0 Å². The number of ether oxygens (including phenoxy) is 1. The number of likely N-dealkylation sites (tertiary alicyclic amines) is 1. The molecule has 6 rings (SSSR count). The van der Waals surface area contributed by atoms with E-state index in [1.54, 1.807) is 17.0 Å². The van der Waals surface area contributed by atoms with E-state index in [2.05, 4.69) is 25.7 Å². The van der Waals surface area contributed by atoms with Crippen LogP contribution in [-0.2, 0) is 11.2 Å². The van der Waals surface area contributed by atoms with Gasteiger partial charge in [0, 0.05) is 25.2 Å². The Morgan fingerprint density at radius 2 is 1.92 bits per heavy atom. The number of hydrogen-bond donors (Lipinski definition) is 4. The molecule has 0 amide bonds. The number of aryl methyl sites for hydroxylation is 1. The summed E-state index contributed by atoms with van der Waals surface area (Å²) in [6.45, 7) is 5.89. The second-order valence-electron chi connectivity index (χ2n) is 10.6. The lowest BCUT2D eigenvalue weighted by Crippen LogP contribution is -2.34. The molecule has 3 aliphatic heterocycles. The third-order valence-electron chi connectivity index (χ3n) is 7.88. The smallest absolute Gasteiger partial charge is 0.226 e. The maximum Gasteiger partial charge on any atom is 0.226 e. The van der Waals surface area contributed by atoms with Crippen LogP contribution in [0, 0.1) is 0 Å². The van der Waals surface area contributed by atoms with Gasteiger partial charge in [0.15, 0.2) is 29.0 Å². The van der Waals surface area contributed by atoms with E-state index in [0.29, 0.717) is 41.2 Å². The third-order valence-corrected chi connectivity index (χ3v) is 8.92. The fourth-order valence-electron chi connectivity index (χ4n) is 5.58. The lowest BCUT2D eigenvalue weighted by Gasteiger charge is -2.26. The van der Waals surface area contributed by atoms with Crippen molar-refractivity contribution in [3.63, 3.8) is 0 Å². The van der Waals surface area contributed by atoms with Crippen LogP contribution < -0.4 is 10.6 Å². The van der Waals surface area contributed by atoms with E-state index in [9.17, 15) is 10.2 Å². The van der Waals surface area contributed by atoms with Gasteiger partial charge in [0.05, 0.1) is 12.0 Å². The van der Waals surface area contributed by atoms with E-state index < -0.39 is 24.5 Å². The van der Waals surface area contributed by atoms with Gasteiger partial charge in [-0.25, -0.2) is 4.98 Å². The molecule has 0 aromatic carbocycles. The number of fused-ring (bicyclic) bond motifs is 1. The predicted molar refractivity (Wildman–Crippen MR) is 149 cm³/mol. The van der Waals surface area contributed by atoms with Gasteiger partial charge in [0.1, 0.15) is 18.3 Å². The van der Waals surface area contributed by atoms with Crippen LogP contribution in [0.2, 0.25) is 0 Å². The minimum Gasteiger partial charge on any atom is -0.387 e. The van der Waals surface area contributed by atoms with Crippen molar-refractivity contribution in [2.45, 2.75) is 76.0 Å². The quantitative estimate of drug-likeness (QED) is 0.306. The molecule has 3 fully saturated rings. The van der Waals surface area contributed by atoms with Gasteiger partial charge in [-0.2, -0.15) is 21.7 Å². The molecule has 212 valence electrons. The molecule has 0 unspecified atom stereocenters. The first-order valence-corrected chi connectivity index (χ1v) is 15.3. The Bertz CT molecular complexity index is 1240. The predicted octanol–water partition coefficient (Wildman–Crippen LogP) is 2.57. The first kappa shape index (κ1) is 26.8. The second-order valence-corrected chi connectivity index (χ2v) is 11.8. The summed E-state index contributed by atoms with van der Waals surface area (Å²) < 4.78 is 13.2. The lowest BCUT2D eigenvalue weighted by atomic mass is 10.1. The molecule has 0 bridgehead atoms.